The predicted octanol–water partition coefficient (Wildman–Crippen LogP) is 2.47. The van der Waals surface area contributed by atoms with E-state index in [0.717, 1.165) is 12.8 Å². The Morgan fingerprint density at radius 2 is 1.79 bits per heavy atom. The van der Waals surface area contributed by atoms with E-state index in [1.54, 1.807) is 0 Å². The molecule has 0 amide bonds. The molecule has 2 nitrogen and oxygen atoms in total. The summed E-state index contributed by atoms with van der Waals surface area (Å²) in [7, 11) is 0. The van der Waals surface area contributed by atoms with Crippen LogP contribution in [-0.2, 0) is 5.41 Å². The van der Waals surface area contributed by atoms with Crippen LogP contribution in [0.1, 0.15) is 24.8 Å². The Kier molecular flexibility index (Phi) is 3.17. The molecule has 0 spiro atoms. The Morgan fingerprint density at radius 3 is 2.14 bits per heavy atom. The summed E-state index contributed by atoms with van der Waals surface area (Å²) < 4.78 is 0. The van der Waals surface area contributed by atoms with Gasteiger partial charge in [-0.1, -0.05) is 36.8 Å². The number of hydrogen-bond donors (Lipinski definition) is 2. The highest BCUT2D eigenvalue weighted by Gasteiger charge is 2.41. The first-order valence-electron chi connectivity index (χ1n) is 4.66. The van der Waals surface area contributed by atoms with Crippen LogP contribution in [0.3, 0.4) is 0 Å². The van der Waals surface area contributed by atoms with Crippen molar-refractivity contribution in [3.8, 4) is 0 Å². The Balaban J connectivity index is 0.000000980. The molecule has 0 aliphatic heterocycles. The summed E-state index contributed by atoms with van der Waals surface area (Å²) in [5, 5.41) is 7.61. The number of hydrogen-bond acceptors (Lipinski definition) is 1. The van der Waals surface area contributed by atoms with Crippen LogP contribution in [0, 0.1) is 5.41 Å². The fraction of sp³-hybridized carbons (Fsp3) is 0.364. The zero-order chi connectivity index (χ0) is 9.31. The van der Waals surface area contributed by atoms with E-state index in [2.05, 4.69) is 12.1 Å². The molecule has 0 heterocycles. The van der Waals surface area contributed by atoms with Gasteiger partial charge in [0.25, 0.3) is 0 Å². The third-order valence-electron chi connectivity index (χ3n) is 3.05. The molecule has 0 unspecified atom stereocenters. The van der Waals surface area contributed by atoms with Crippen molar-refractivity contribution in [3.05, 3.63) is 35.9 Å². The minimum Gasteiger partial charge on any atom is -0.387 e. The standard InChI is InChI=1S/C11H14N2.ClH/c12-10(13)11(7-4-8-11)9-5-2-1-3-6-9;/h1-3,5-6H,4,7-8H2,(H3,12,13);1H. The van der Waals surface area contributed by atoms with Crippen LogP contribution in [0.4, 0.5) is 0 Å². The lowest BCUT2D eigenvalue weighted by atomic mass is 9.64. The molecule has 3 N–H and O–H groups in total. The van der Waals surface area contributed by atoms with E-state index < -0.39 is 0 Å². The zero-order valence-corrected chi connectivity index (χ0v) is 8.81. The van der Waals surface area contributed by atoms with Crippen molar-refractivity contribution in [1.29, 1.82) is 5.41 Å². The first-order chi connectivity index (χ1) is 6.26. The molecule has 1 aliphatic carbocycles. The first-order valence-corrected chi connectivity index (χ1v) is 4.66. The summed E-state index contributed by atoms with van der Waals surface area (Å²) in [5.74, 6) is 0.324. The largest absolute Gasteiger partial charge is 0.387 e. The molecule has 1 saturated carbocycles. The number of amidine groups is 1. The summed E-state index contributed by atoms with van der Waals surface area (Å²) in [6.45, 7) is 0. The summed E-state index contributed by atoms with van der Waals surface area (Å²) in [4.78, 5) is 0. The SMILES string of the molecule is Cl.N=C(N)C1(c2ccccc2)CCC1. The summed E-state index contributed by atoms with van der Waals surface area (Å²) in [6.07, 6.45) is 3.26. The molecule has 3 heteroatoms. The average molecular weight is 211 g/mol. The number of nitrogens with one attached hydrogen (secondary N) is 1. The molecule has 0 bridgehead atoms. The number of rotatable bonds is 2. The Labute approximate surface area is 90.4 Å². The van der Waals surface area contributed by atoms with E-state index in [-0.39, 0.29) is 17.8 Å². The molecule has 0 aromatic heterocycles. The van der Waals surface area contributed by atoms with Gasteiger partial charge in [-0.15, -0.1) is 12.4 Å². The predicted molar refractivity (Wildman–Crippen MR) is 61.1 cm³/mol. The highest BCUT2D eigenvalue weighted by atomic mass is 35.5. The van der Waals surface area contributed by atoms with Gasteiger partial charge < -0.3 is 5.73 Å². The lowest BCUT2D eigenvalue weighted by Gasteiger charge is -2.41. The van der Waals surface area contributed by atoms with Gasteiger partial charge in [-0.2, -0.15) is 0 Å². The third-order valence-corrected chi connectivity index (χ3v) is 3.05. The normalized spacial score (nSPS) is 17.7. The Hall–Kier alpha value is -1.02. The quantitative estimate of drug-likeness (QED) is 0.572. The van der Waals surface area contributed by atoms with Gasteiger partial charge in [0, 0.05) is 0 Å². The molecule has 0 radical (unpaired) electrons. The molecule has 76 valence electrons. The maximum absolute atomic E-state index is 7.61. The minimum atomic E-state index is -0.124. The van der Waals surface area contributed by atoms with Crippen LogP contribution in [0.2, 0.25) is 0 Å². The van der Waals surface area contributed by atoms with Crippen molar-refractivity contribution >= 4 is 18.2 Å². The molecular weight excluding hydrogens is 196 g/mol. The molecular formula is C11H15ClN2. The van der Waals surface area contributed by atoms with Gasteiger partial charge in [-0.3, -0.25) is 5.41 Å². The molecule has 1 fully saturated rings. The topological polar surface area (TPSA) is 49.9 Å². The second-order valence-electron chi connectivity index (χ2n) is 3.72. The van der Waals surface area contributed by atoms with E-state index in [4.69, 9.17) is 11.1 Å². The monoisotopic (exact) mass is 210 g/mol. The van der Waals surface area contributed by atoms with Crippen molar-refractivity contribution < 1.29 is 0 Å². The third kappa shape index (κ3) is 1.50. The highest BCUT2D eigenvalue weighted by molar-refractivity contribution is 5.90. The lowest BCUT2D eigenvalue weighted by Crippen LogP contribution is -2.46. The second kappa shape index (κ2) is 4.01. The molecule has 1 aromatic rings. The van der Waals surface area contributed by atoms with Gasteiger partial charge in [0.15, 0.2) is 0 Å². The van der Waals surface area contributed by atoms with Crippen molar-refractivity contribution in [2.75, 3.05) is 0 Å². The maximum atomic E-state index is 7.61. The molecule has 1 aliphatic rings. The molecule has 1 aromatic carbocycles. The van der Waals surface area contributed by atoms with Gasteiger partial charge in [-0.05, 0) is 18.4 Å². The molecule has 0 atom stereocenters. The van der Waals surface area contributed by atoms with Crippen molar-refractivity contribution in [2.24, 2.45) is 5.73 Å². The van der Waals surface area contributed by atoms with Gasteiger partial charge >= 0.3 is 0 Å². The summed E-state index contributed by atoms with van der Waals surface area (Å²) in [6, 6.07) is 10.2. The fourth-order valence-corrected chi connectivity index (χ4v) is 2.00. The zero-order valence-electron chi connectivity index (χ0n) is 7.99. The van der Waals surface area contributed by atoms with E-state index >= 15 is 0 Å². The van der Waals surface area contributed by atoms with Crippen LogP contribution in [0.25, 0.3) is 0 Å². The van der Waals surface area contributed by atoms with Gasteiger partial charge in [0.1, 0.15) is 5.84 Å². The lowest BCUT2D eigenvalue weighted by molar-refractivity contribution is 0.336. The Morgan fingerprint density at radius 1 is 1.21 bits per heavy atom. The van der Waals surface area contributed by atoms with Gasteiger partial charge in [0.2, 0.25) is 0 Å². The van der Waals surface area contributed by atoms with Crippen molar-refractivity contribution in [1.82, 2.24) is 0 Å². The van der Waals surface area contributed by atoms with Gasteiger partial charge in [-0.25, -0.2) is 0 Å². The summed E-state index contributed by atoms with van der Waals surface area (Å²) in [5.41, 5.74) is 6.73. The van der Waals surface area contributed by atoms with Crippen LogP contribution >= 0.6 is 12.4 Å². The number of benzene rings is 1. The highest BCUT2D eigenvalue weighted by Crippen LogP contribution is 2.43. The smallest absolute Gasteiger partial charge is 0.101 e. The maximum Gasteiger partial charge on any atom is 0.101 e. The van der Waals surface area contributed by atoms with Crippen LogP contribution in [-0.4, -0.2) is 5.84 Å². The number of halogens is 1. The molecule has 14 heavy (non-hydrogen) atoms. The van der Waals surface area contributed by atoms with E-state index in [1.165, 1.54) is 12.0 Å². The van der Waals surface area contributed by atoms with E-state index in [1.807, 2.05) is 18.2 Å². The average Bonchev–Trinajstić information content (AvgIpc) is 2.03. The van der Waals surface area contributed by atoms with Crippen molar-refractivity contribution in [2.45, 2.75) is 24.7 Å². The van der Waals surface area contributed by atoms with E-state index in [0.29, 0.717) is 5.84 Å². The van der Waals surface area contributed by atoms with Crippen LogP contribution in [0.15, 0.2) is 30.3 Å². The second-order valence-corrected chi connectivity index (χ2v) is 3.72. The number of nitrogens with two attached hydrogens (primary N) is 1. The van der Waals surface area contributed by atoms with Crippen LogP contribution < -0.4 is 5.73 Å². The Bertz CT molecular complexity index is 317. The fourth-order valence-electron chi connectivity index (χ4n) is 2.00. The van der Waals surface area contributed by atoms with Crippen LogP contribution in [0.5, 0.6) is 0 Å². The summed E-state index contributed by atoms with van der Waals surface area (Å²) >= 11 is 0. The first kappa shape index (κ1) is 11.1. The van der Waals surface area contributed by atoms with E-state index in [9.17, 15) is 0 Å². The minimum absolute atomic E-state index is 0. The van der Waals surface area contributed by atoms with Gasteiger partial charge in [0.05, 0.1) is 5.41 Å². The van der Waals surface area contributed by atoms with Crippen molar-refractivity contribution in [3.63, 3.8) is 0 Å². The molecule has 2 rings (SSSR count). The molecule has 0 saturated heterocycles.